The van der Waals surface area contributed by atoms with Crippen LogP contribution in [0.2, 0.25) is 0 Å². The third kappa shape index (κ3) is 2.81. The molecule has 0 amide bonds. The first kappa shape index (κ1) is 15.9. The maximum atomic E-state index is 6.37. The minimum Gasteiger partial charge on any atom is -0.491 e. The number of nitrogens with zero attached hydrogens (tertiary/aromatic N) is 2. The number of aryl methyl sites for hydroxylation is 1. The van der Waals surface area contributed by atoms with Gasteiger partial charge in [0.15, 0.2) is 4.96 Å². The molecule has 0 fully saturated rings. The summed E-state index contributed by atoms with van der Waals surface area (Å²) in [5.74, 6) is 1.95. The molecule has 0 spiro atoms. The molecule has 0 aliphatic heterocycles. The normalized spacial score (nSPS) is 11.8. The van der Waals surface area contributed by atoms with Crippen LogP contribution in [-0.2, 0) is 0 Å². The Kier molecular flexibility index (Phi) is 4.06. The van der Waals surface area contributed by atoms with E-state index in [-0.39, 0.29) is 6.10 Å². The Morgan fingerprint density at radius 1 is 1.13 bits per heavy atom. The molecule has 0 radical (unpaired) electrons. The van der Waals surface area contributed by atoms with E-state index in [1.807, 2.05) is 26.0 Å². The number of fused-ring (bicyclic) bond motifs is 1. The van der Waals surface area contributed by atoms with Crippen LogP contribution in [0.5, 0.6) is 5.75 Å². The number of anilines is 1. The summed E-state index contributed by atoms with van der Waals surface area (Å²) in [5.41, 5.74) is 9.59. The predicted octanol–water partition coefficient (Wildman–Crippen LogP) is 4.86. The molecule has 3 rings (SSSR count). The molecule has 1 aromatic carbocycles. The Labute approximate surface area is 140 Å². The Balaban J connectivity index is 2.10. The molecule has 23 heavy (non-hydrogen) atoms. The van der Waals surface area contributed by atoms with Crippen LogP contribution in [0.3, 0.4) is 0 Å². The van der Waals surface area contributed by atoms with Crippen LogP contribution in [0.1, 0.15) is 44.2 Å². The van der Waals surface area contributed by atoms with Crippen LogP contribution < -0.4 is 10.5 Å². The second-order valence-corrected chi connectivity index (χ2v) is 7.53. The molecule has 0 saturated heterocycles. The fourth-order valence-electron chi connectivity index (χ4n) is 2.78. The van der Waals surface area contributed by atoms with Crippen LogP contribution in [0.25, 0.3) is 16.2 Å². The number of hydrogen-bond donors (Lipinski definition) is 1. The molecule has 4 nitrogen and oxygen atoms in total. The van der Waals surface area contributed by atoms with E-state index in [0.717, 1.165) is 33.5 Å². The number of rotatable bonds is 4. The highest BCUT2D eigenvalue weighted by molar-refractivity contribution is 7.17. The molecule has 0 aliphatic carbocycles. The SMILES string of the molecule is Cc1sc2nc(C(C)C)c(N)n2c1-c1ccc(OC(C)C)cc1. The summed E-state index contributed by atoms with van der Waals surface area (Å²) in [5, 5.41) is 0. The Bertz CT molecular complexity index is 828. The van der Waals surface area contributed by atoms with Gasteiger partial charge in [-0.05, 0) is 51.0 Å². The molecule has 0 unspecified atom stereocenters. The number of hydrogen-bond acceptors (Lipinski definition) is 4. The number of nitrogens with two attached hydrogens (primary N) is 1. The summed E-state index contributed by atoms with van der Waals surface area (Å²) in [6.07, 6.45) is 0.174. The first-order valence-corrected chi connectivity index (χ1v) is 8.74. The summed E-state index contributed by atoms with van der Waals surface area (Å²) in [6.45, 7) is 10.4. The average Bonchev–Trinajstić information content (AvgIpc) is 2.95. The number of imidazole rings is 1. The minimum absolute atomic E-state index is 0.174. The second kappa shape index (κ2) is 5.89. The fourth-order valence-corrected chi connectivity index (χ4v) is 3.78. The standard InChI is InChI=1S/C18H23N3OS/c1-10(2)15-17(19)21-16(12(5)23-18(21)20-15)13-6-8-14(9-7-13)22-11(3)4/h6-11H,19H2,1-5H3. The van der Waals surface area contributed by atoms with Gasteiger partial charge in [-0.1, -0.05) is 13.8 Å². The molecule has 0 saturated carbocycles. The van der Waals surface area contributed by atoms with Crippen LogP contribution in [0.4, 0.5) is 5.82 Å². The van der Waals surface area contributed by atoms with Crippen molar-refractivity contribution in [3.8, 4) is 17.0 Å². The van der Waals surface area contributed by atoms with E-state index in [0.29, 0.717) is 5.92 Å². The van der Waals surface area contributed by atoms with E-state index in [1.54, 1.807) is 11.3 Å². The topological polar surface area (TPSA) is 52.5 Å². The Hall–Kier alpha value is -2.01. The zero-order valence-electron chi connectivity index (χ0n) is 14.3. The lowest BCUT2D eigenvalue weighted by atomic mass is 10.1. The van der Waals surface area contributed by atoms with E-state index in [9.17, 15) is 0 Å². The van der Waals surface area contributed by atoms with Gasteiger partial charge in [0.25, 0.3) is 0 Å². The quantitative estimate of drug-likeness (QED) is 0.743. The van der Waals surface area contributed by atoms with E-state index < -0.39 is 0 Å². The van der Waals surface area contributed by atoms with Crippen molar-refractivity contribution < 1.29 is 4.74 Å². The number of aromatic nitrogens is 2. The van der Waals surface area contributed by atoms with Crippen LogP contribution in [0.15, 0.2) is 24.3 Å². The molecule has 5 heteroatoms. The predicted molar refractivity (Wildman–Crippen MR) is 97.5 cm³/mol. The van der Waals surface area contributed by atoms with E-state index in [1.165, 1.54) is 4.88 Å². The molecular weight excluding hydrogens is 306 g/mol. The summed E-state index contributed by atoms with van der Waals surface area (Å²) in [6, 6.07) is 8.19. The van der Waals surface area contributed by atoms with Gasteiger partial charge in [0.1, 0.15) is 11.6 Å². The Morgan fingerprint density at radius 3 is 2.35 bits per heavy atom. The van der Waals surface area contributed by atoms with E-state index >= 15 is 0 Å². The summed E-state index contributed by atoms with van der Waals surface area (Å²) < 4.78 is 7.80. The molecule has 2 heterocycles. The third-order valence-electron chi connectivity index (χ3n) is 3.76. The summed E-state index contributed by atoms with van der Waals surface area (Å²) in [7, 11) is 0. The number of ether oxygens (including phenoxy) is 1. The van der Waals surface area contributed by atoms with Gasteiger partial charge in [-0.2, -0.15) is 0 Å². The zero-order chi connectivity index (χ0) is 16.7. The second-order valence-electron chi connectivity index (χ2n) is 6.35. The highest BCUT2D eigenvalue weighted by atomic mass is 32.1. The fraction of sp³-hybridized carbons (Fsp3) is 0.389. The van der Waals surface area contributed by atoms with Crippen molar-refractivity contribution in [2.24, 2.45) is 0 Å². The Morgan fingerprint density at radius 2 is 1.78 bits per heavy atom. The molecule has 2 N–H and O–H groups in total. The lowest BCUT2D eigenvalue weighted by Crippen LogP contribution is -2.05. The highest BCUT2D eigenvalue weighted by Crippen LogP contribution is 2.36. The molecule has 0 bridgehead atoms. The average molecular weight is 329 g/mol. The lowest BCUT2D eigenvalue weighted by Gasteiger charge is -2.11. The van der Waals surface area contributed by atoms with Crippen LogP contribution in [0, 0.1) is 6.92 Å². The monoisotopic (exact) mass is 329 g/mol. The van der Waals surface area contributed by atoms with Crippen molar-refractivity contribution in [1.82, 2.24) is 9.38 Å². The van der Waals surface area contributed by atoms with Crippen LogP contribution in [-0.4, -0.2) is 15.5 Å². The first-order chi connectivity index (χ1) is 10.9. The smallest absolute Gasteiger partial charge is 0.196 e. The van der Waals surface area contributed by atoms with Gasteiger partial charge < -0.3 is 10.5 Å². The zero-order valence-corrected chi connectivity index (χ0v) is 15.1. The van der Waals surface area contributed by atoms with Crippen molar-refractivity contribution >= 4 is 22.1 Å². The maximum Gasteiger partial charge on any atom is 0.196 e. The number of thiazole rings is 1. The van der Waals surface area contributed by atoms with Gasteiger partial charge in [-0.3, -0.25) is 4.40 Å². The van der Waals surface area contributed by atoms with Crippen molar-refractivity contribution in [2.45, 2.75) is 46.6 Å². The molecule has 0 atom stereocenters. The molecule has 3 aromatic rings. The molecule has 122 valence electrons. The van der Waals surface area contributed by atoms with E-state index in [4.69, 9.17) is 15.5 Å². The van der Waals surface area contributed by atoms with Gasteiger partial charge in [0, 0.05) is 10.4 Å². The lowest BCUT2D eigenvalue weighted by molar-refractivity contribution is 0.242. The van der Waals surface area contributed by atoms with Crippen molar-refractivity contribution in [2.75, 3.05) is 5.73 Å². The van der Waals surface area contributed by atoms with Gasteiger partial charge in [0.2, 0.25) is 0 Å². The summed E-state index contributed by atoms with van der Waals surface area (Å²) in [4.78, 5) is 6.88. The van der Waals surface area contributed by atoms with Crippen molar-refractivity contribution in [3.05, 3.63) is 34.8 Å². The van der Waals surface area contributed by atoms with Gasteiger partial charge in [-0.25, -0.2) is 4.98 Å². The first-order valence-electron chi connectivity index (χ1n) is 7.92. The number of nitrogen functional groups attached to an aromatic ring is 1. The van der Waals surface area contributed by atoms with Crippen molar-refractivity contribution in [3.63, 3.8) is 0 Å². The molecule has 0 aliphatic rings. The highest BCUT2D eigenvalue weighted by Gasteiger charge is 2.19. The van der Waals surface area contributed by atoms with Gasteiger partial charge >= 0.3 is 0 Å². The number of benzene rings is 1. The van der Waals surface area contributed by atoms with E-state index in [2.05, 4.69) is 37.3 Å². The third-order valence-corrected chi connectivity index (χ3v) is 4.71. The minimum atomic E-state index is 0.174. The van der Waals surface area contributed by atoms with Gasteiger partial charge in [-0.15, -0.1) is 11.3 Å². The van der Waals surface area contributed by atoms with Crippen molar-refractivity contribution in [1.29, 1.82) is 0 Å². The molecule has 2 aromatic heterocycles. The van der Waals surface area contributed by atoms with Gasteiger partial charge in [0.05, 0.1) is 17.5 Å². The largest absolute Gasteiger partial charge is 0.491 e. The maximum absolute atomic E-state index is 6.37. The van der Waals surface area contributed by atoms with Crippen LogP contribution >= 0.6 is 11.3 Å². The summed E-state index contributed by atoms with van der Waals surface area (Å²) >= 11 is 1.68. The molecular formula is C18H23N3OS.